The lowest BCUT2D eigenvalue weighted by molar-refractivity contribution is -0.134. The predicted octanol–water partition coefficient (Wildman–Crippen LogP) is 3.00. The standard InChI is InChI=1S/C36H39N9O5/c37-35-30(18-27(40-41-35)26-4-1-2-7-31(26)46)45-20-24(19-38-45)43-15-14-42(21-33(43)48)23-10-8-22(9-11-23)25-5-3-6-28-34(25)50-17-16-44(28)29-12-13-32(47)39-36(29)49/h1-7,18-20,22-23,29,46H,8-17,21H2,(H2,37,41)(H,39,47,49)/t22-,23-,29-/m1/s1. The first-order chi connectivity index (χ1) is 24.3. The lowest BCUT2D eigenvalue weighted by Gasteiger charge is -2.42. The van der Waals surface area contributed by atoms with Crippen molar-refractivity contribution in [3.63, 3.8) is 0 Å². The van der Waals surface area contributed by atoms with Gasteiger partial charge < -0.3 is 25.4 Å². The number of nitrogens with two attached hydrogens (primary N) is 1. The highest BCUT2D eigenvalue weighted by molar-refractivity contribution is 6.02. The first kappa shape index (κ1) is 31.7. The van der Waals surface area contributed by atoms with Gasteiger partial charge in [0, 0.05) is 31.1 Å². The monoisotopic (exact) mass is 677 g/mol. The van der Waals surface area contributed by atoms with Gasteiger partial charge in [0.2, 0.25) is 17.7 Å². The largest absolute Gasteiger partial charge is 0.507 e. The summed E-state index contributed by atoms with van der Waals surface area (Å²) in [4.78, 5) is 44.1. The van der Waals surface area contributed by atoms with Crippen molar-refractivity contribution in [2.24, 2.45) is 0 Å². The smallest absolute Gasteiger partial charge is 0.249 e. The Morgan fingerprint density at radius 2 is 1.76 bits per heavy atom. The predicted molar refractivity (Wildman–Crippen MR) is 185 cm³/mol. The number of ether oxygens (including phenoxy) is 1. The van der Waals surface area contributed by atoms with E-state index in [1.165, 1.54) is 5.56 Å². The van der Waals surface area contributed by atoms with Crippen LogP contribution in [-0.4, -0.2) is 92.6 Å². The third-order valence-electron chi connectivity index (χ3n) is 10.5. The van der Waals surface area contributed by atoms with Crippen LogP contribution in [-0.2, 0) is 14.4 Å². The van der Waals surface area contributed by atoms with E-state index in [0.29, 0.717) is 73.7 Å². The fourth-order valence-corrected chi connectivity index (χ4v) is 7.93. The summed E-state index contributed by atoms with van der Waals surface area (Å²) in [5.74, 6) is 1.02. The minimum atomic E-state index is -0.374. The van der Waals surface area contributed by atoms with Gasteiger partial charge in [-0.15, -0.1) is 10.2 Å². The number of amides is 3. The number of piperidine rings is 1. The third-order valence-corrected chi connectivity index (χ3v) is 10.5. The van der Waals surface area contributed by atoms with Crippen molar-refractivity contribution in [2.75, 3.05) is 48.3 Å². The number of carbonyl (C=O) groups is 3. The summed E-state index contributed by atoms with van der Waals surface area (Å²) in [6.07, 6.45) is 8.18. The second-order valence-corrected chi connectivity index (χ2v) is 13.4. The second kappa shape index (κ2) is 13.1. The number of para-hydroxylation sites is 2. The van der Waals surface area contributed by atoms with Crippen molar-refractivity contribution in [1.82, 2.24) is 30.2 Å². The van der Waals surface area contributed by atoms with Crippen LogP contribution in [0.3, 0.4) is 0 Å². The lowest BCUT2D eigenvalue weighted by Crippen LogP contribution is -2.54. The SMILES string of the molecule is Nc1nnc(-c2ccccc2O)cc1-n1cc(N2CCN([C@H]3CC[C@H](c4cccc5c4OCCN5[C@@H]4CCC(=O)NC4=O)CC3)CC2=O)cn1. The summed E-state index contributed by atoms with van der Waals surface area (Å²) in [6, 6.07) is 14.7. The summed E-state index contributed by atoms with van der Waals surface area (Å²) < 4.78 is 7.82. The second-order valence-electron chi connectivity index (χ2n) is 13.4. The highest BCUT2D eigenvalue weighted by Gasteiger charge is 2.37. The van der Waals surface area contributed by atoms with Crippen LogP contribution in [0.4, 0.5) is 17.2 Å². The molecule has 0 radical (unpaired) electrons. The summed E-state index contributed by atoms with van der Waals surface area (Å²) in [6.45, 7) is 2.74. The summed E-state index contributed by atoms with van der Waals surface area (Å²) in [7, 11) is 0. The molecule has 0 spiro atoms. The highest BCUT2D eigenvalue weighted by Crippen LogP contribution is 2.45. The molecule has 4 aromatic rings. The molecule has 4 N–H and O–H groups in total. The molecule has 4 aliphatic rings. The van der Waals surface area contributed by atoms with Crippen molar-refractivity contribution in [2.45, 2.75) is 56.5 Å². The summed E-state index contributed by atoms with van der Waals surface area (Å²) in [5.41, 5.74) is 10.4. The Balaban J connectivity index is 0.905. The van der Waals surface area contributed by atoms with Gasteiger partial charge in [-0.05, 0) is 67.9 Å². The van der Waals surface area contributed by atoms with Gasteiger partial charge in [0.1, 0.15) is 29.8 Å². The zero-order valence-corrected chi connectivity index (χ0v) is 27.6. The van der Waals surface area contributed by atoms with Crippen LogP contribution in [0.1, 0.15) is 50.0 Å². The summed E-state index contributed by atoms with van der Waals surface area (Å²) in [5, 5.41) is 25.5. The average Bonchev–Trinajstić information content (AvgIpc) is 3.62. The van der Waals surface area contributed by atoms with Crippen molar-refractivity contribution in [1.29, 1.82) is 0 Å². The van der Waals surface area contributed by atoms with E-state index >= 15 is 0 Å². The molecule has 2 aromatic heterocycles. The molecule has 258 valence electrons. The topological polar surface area (TPSA) is 172 Å². The number of phenols is 1. The number of benzene rings is 2. The molecule has 3 fully saturated rings. The molecule has 2 saturated heterocycles. The van der Waals surface area contributed by atoms with Gasteiger partial charge in [-0.25, -0.2) is 4.68 Å². The molecule has 5 heterocycles. The number of carbonyl (C=O) groups excluding carboxylic acids is 3. The lowest BCUT2D eigenvalue weighted by atomic mass is 9.80. The highest BCUT2D eigenvalue weighted by atomic mass is 16.5. The van der Waals surface area contributed by atoms with Crippen molar-refractivity contribution >= 4 is 34.9 Å². The van der Waals surface area contributed by atoms with E-state index in [9.17, 15) is 19.5 Å². The number of phenolic OH excluding ortho intramolecular Hbond substituents is 1. The number of anilines is 3. The Labute approximate surface area is 288 Å². The molecule has 50 heavy (non-hydrogen) atoms. The maximum atomic E-state index is 13.5. The average molecular weight is 678 g/mol. The van der Waals surface area contributed by atoms with Gasteiger partial charge >= 0.3 is 0 Å². The Morgan fingerprint density at radius 1 is 0.920 bits per heavy atom. The van der Waals surface area contributed by atoms with Gasteiger partial charge in [-0.3, -0.25) is 24.6 Å². The number of hydrogen-bond acceptors (Lipinski definition) is 11. The molecule has 3 aliphatic heterocycles. The van der Waals surface area contributed by atoms with Crippen LogP contribution in [0.25, 0.3) is 16.9 Å². The maximum Gasteiger partial charge on any atom is 0.249 e. The van der Waals surface area contributed by atoms with Crippen LogP contribution >= 0.6 is 0 Å². The Kier molecular flexibility index (Phi) is 8.31. The van der Waals surface area contributed by atoms with Crippen LogP contribution < -0.4 is 25.6 Å². The number of fused-ring (bicyclic) bond motifs is 1. The molecule has 1 atom stereocenters. The van der Waals surface area contributed by atoms with Crippen LogP contribution in [0.2, 0.25) is 0 Å². The van der Waals surface area contributed by atoms with Gasteiger partial charge in [-0.2, -0.15) is 5.10 Å². The van der Waals surface area contributed by atoms with Gasteiger partial charge in [0.15, 0.2) is 5.82 Å². The molecular formula is C36H39N9O5. The molecule has 3 amide bonds. The molecule has 8 rings (SSSR count). The Bertz CT molecular complexity index is 1960. The maximum absolute atomic E-state index is 13.5. The van der Waals surface area contributed by atoms with E-state index in [0.717, 1.165) is 43.7 Å². The van der Waals surface area contributed by atoms with E-state index in [2.05, 4.69) is 36.5 Å². The fourth-order valence-electron chi connectivity index (χ4n) is 7.93. The number of nitrogens with zero attached hydrogens (tertiary/aromatic N) is 7. The fraction of sp³-hybridized carbons (Fsp3) is 0.389. The number of piperazine rings is 1. The van der Waals surface area contributed by atoms with E-state index in [1.54, 1.807) is 52.3 Å². The van der Waals surface area contributed by atoms with E-state index < -0.39 is 0 Å². The third kappa shape index (κ3) is 5.89. The van der Waals surface area contributed by atoms with Crippen LogP contribution in [0.15, 0.2) is 60.9 Å². The van der Waals surface area contributed by atoms with E-state index in [1.807, 2.05) is 12.1 Å². The first-order valence-electron chi connectivity index (χ1n) is 17.2. The van der Waals surface area contributed by atoms with Crippen molar-refractivity contribution in [3.05, 3.63) is 66.5 Å². The molecular weight excluding hydrogens is 638 g/mol. The number of aromatic nitrogens is 4. The zero-order chi connectivity index (χ0) is 34.4. The number of aromatic hydroxyl groups is 1. The molecule has 0 bridgehead atoms. The number of rotatable bonds is 6. The van der Waals surface area contributed by atoms with Crippen molar-refractivity contribution in [3.8, 4) is 28.4 Å². The molecule has 2 aromatic carbocycles. The minimum Gasteiger partial charge on any atom is -0.507 e. The van der Waals surface area contributed by atoms with Crippen LogP contribution in [0.5, 0.6) is 11.5 Å². The number of imide groups is 1. The van der Waals surface area contributed by atoms with Gasteiger partial charge in [0.05, 0.1) is 42.6 Å². The number of hydrogen-bond donors (Lipinski definition) is 3. The van der Waals surface area contributed by atoms with Gasteiger partial charge in [0.25, 0.3) is 0 Å². The zero-order valence-electron chi connectivity index (χ0n) is 27.6. The quantitative estimate of drug-likeness (QED) is 0.256. The molecule has 1 aliphatic carbocycles. The number of nitrogen functional groups attached to an aromatic ring is 1. The first-order valence-corrected chi connectivity index (χ1v) is 17.2. The molecule has 0 unspecified atom stereocenters. The molecule has 1 saturated carbocycles. The number of nitrogens with one attached hydrogen (secondary N) is 1. The van der Waals surface area contributed by atoms with Crippen LogP contribution in [0, 0.1) is 0 Å². The Hall–Kier alpha value is -5.50. The molecule has 14 nitrogen and oxygen atoms in total. The van der Waals surface area contributed by atoms with E-state index in [-0.39, 0.29) is 35.3 Å². The Morgan fingerprint density at radius 3 is 2.56 bits per heavy atom. The minimum absolute atomic E-state index is 0.0210. The van der Waals surface area contributed by atoms with Crippen molar-refractivity contribution < 1.29 is 24.2 Å². The van der Waals surface area contributed by atoms with Gasteiger partial charge in [-0.1, -0.05) is 24.3 Å². The molecule has 14 heteroatoms. The van der Waals surface area contributed by atoms with E-state index in [4.69, 9.17) is 10.5 Å². The normalized spacial score (nSPS) is 23.0. The summed E-state index contributed by atoms with van der Waals surface area (Å²) >= 11 is 0.